The molecule has 0 saturated carbocycles. The van der Waals surface area contributed by atoms with E-state index in [4.69, 9.17) is 5.73 Å². The number of primary amides is 1. The predicted octanol–water partition coefficient (Wildman–Crippen LogP) is 2.99. The van der Waals surface area contributed by atoms with Gasteiger partial charge >= 0.3 is 0 Å². The van der Waals surface area contributed by atoms with E-state index in [1.807, 2.05) is 19.1 Å². The zero-order chi connectivity index (χ0) is 17.5. The summed E-state index contributed by atoms with van der Waals surface area (Å²) in [7, 11) is 0. The van der Waals surface area contributed by atoms with Gasteiger partial charge in [-0.1, -0.05) is 30.3 Å². The van der Waals surface area contributed by atoms with E-state index in [0.29, 0.717) is 17.7 Å². The van der Waals surface area contributed by atoms with Crippen LogP contribution in [0.15, 0.2) is 48.5 Å². The number of benzene rings is 2. The van der Waals surface area contributed by atoms with Crippen LogP contribution in [0.1, 0.15) is 40.9 Å². The highest BCUT2D eigenvalue weighted by atomic mass is 35.5. The lowest BCUT2D eigenvalue weighted by Crippen LogP contribution is -2.31. The highest BCUT2D eigenvalue weighted by Gasteiger charge is 2.13. The zero-order valence-electron chi connectivity index (χ0n) is 14.1. The lowest BCUT2D eigenvalue weighted by molar-refractivity contribution is 0.1000. The van der Waals surface area contributed by atoms with E-state index in [9.17, 15) is 14.3 Å². The SMILES string of the molecule is C[C@H](CCc1ccc(C(N)=O)cc1)NCC(O)c1ccccc1F.Cl. The maximum absolute atomic E-state index is 13.6. The van der Waals surface area contributed by atoms with Gasteiger partial charge in [-0.2, -0.15) is 0 Å². The van der Waals surface area contributed by atoms with Crippen LogP contribution in [-0.4, -0.2) is 23.6 Å². The molecule has 1 amide bonds. The fraction of sp³-hybridized carbons (Fsp3) is 0.316. The predicted molar refractivity (Wildman–Crippen MR) is 99.4 cm³/mol. The number of nitrogens with one attached hydrogen (secondary N) is 1. The van der Waals surface area contributed by atoms with Crippen molar-refractivity contribution in [3.05, 3.63) is 71.0 Å². The van der Waals surface area contributed by atoms with Gasteiger partial charge < -0.3 is 16.2 Å². The molecule has 0 aliphatic carbocycles. The fourth-order valence-corrected chi connectivity index (χ4v) is 2.49. The molecule has 0 saturated heterocycles. The van der Waals surface area contributed by atoms with Crippen molar-refractivity contribution >= 4 is 18.3 Å². The third kappa shape index (κ3) is 6.46. The molecule has 1 unspecified atom stereocenters. The summed E-state index contributed by atoms with van der Waals surface area (Å²) in [5.41, 5.74) is 7.13. The van der Waals surface area contributed by atoms with Gasteiger partial charge in [0.1, 0.15) is 5.82 Å². The van der Waals surface area contributed by atoms with Gasteiger partial charge in [0.2, 0.25) is 5.91 Å². The summed E-state index contributed by atoms with van der Waals surface area (Å²) in [4.78, 5) is 11.0. The van der Waals surface area contributed by atoms with Crippen molar-refractivity contribution in [1.82, 2.24) is 5.32 Å². The van der Waals surface area contributed by atoms with Crippen molar-refractivity contribution < 1.29 is 14.3 Å². The molecular formula is C19H24ClFN2O2. The molecule has 0 radical (unpaired) electrons. The van der Waals surface area contributed by atoms with Crippen LogP contribution in [0, 0.1) is 5.82 Å². The fourth-order valence-electron chi connectivity index (χ4n) is 2.49. The Balaban J connectivity index is 0.00000312. The second-order valence-corrected chi connectivity index (χ2v) is 5.95. The first kappa shape index (κ1) is 21.1. The second-order valence-electron chi connectivity index (χ2n) is 5.95. The van der Waals surface area contributed by atoms with Gasteiger partial charge in [-0.25, -0.2) is 4.39 Å². The Morgan fingerprint density at radius 3 is 2.44 bits per heavy atom. The number of carbonyl (C=O) groups is 1. The lowest BCUT2D eigenvalue weighted by Gasteiger charge is -2.18. The molecule has 136 valence electrons. The largest absolute Gasteiger partial charge is 0.387 e. The maximum Gasteiger partial charge on any atom is 0.248 e. The molecule has 0 spiro atoms. The van der Waals surface area contributed by atoms with Gasteiger partial charge in [-0.15, -0.1) is 12.4 Å². The number of aliphatic hydroxyl groups excluding tert-OH is 1. The molecule has 0 bridgehead atoms. The molecule has 2 atom stereocenters. The minimum absolute atomic E-state index is 0. The number of amides is 1. The minimum atomic E-state index is -0.872. The molecule has 0 heterocycles. The standard InChI is InChI=1S/C19H23FN2O2.ClH/c1-13(6-7-14-8-10-15(11-9-14)19(21)24)22-12-18(23)16-4-2-3-5-17(16)20;/h2-5,8-11,13,18,22-23H,6-7,12H2,1H3,(H2,21,24);1H/t13-,18?;/m1./s1. The Hall–Kier alpha value is -1.95. The van der Waals surface area contributed by atoms with Crippen LogP contribution in [0.25, 0.3) is 0 Å². The minimum Gasteiger partial charge on any atom is -0.387 e. The topological polar surface area (TPSA) is 75.4 Å². The van der Waals surface area contributed by atoms with Crippen LogP contribution >= 0.6 is 12.4 Å². The normalized spacial score (nSPS) is 12.9. The molecule has 25 heavy (non-hydrogen) atoms. The van der Waals surface area contributed by atoms with E-state index in [0.717, 1.165) is 18.4 Å². The Morgan fingerprint density at radius 1 is 1.20 bits per heavy atom. The summed E-state index contributed by atoms with van der Waals surface area (Å²) in [6, 6.07) is 13.6. The van der Waals surface area contributed by atoms with Gasteiger partial charge in [0.15, 0.2) is 0 Å². The van der Waals surface area contributed by atoms with Crippen molar-refractivity contribution in [2.75, 3.05) is 6.54 Å². The monoisotopic (exact) mass is 366 g/mol. The number of rotatable bonds is 8. The Bertz CT molecular complexity index is 679. The molecule has 2 aromatic rings. The zero-order valence-corrected chi connectivity index (χ0v) is 14.9. The summed E-state index contributed by atoms with van der Waals surface area (Å²) >= 11 is 0. The van der Waals surface area contributed by atoms with Crippen LogP contribution in [0.3, 0.4) is 0 Å². The van der Waals surface area contributed by atoms with Crippen molar-refractivity contribution in [1.29, 1.82) is 0 Å². The van der Waals surface area contributed by atoms with Crippen LogP contribution in [0.4, 0.5) is 4.39 Å². The summed E-state index contributed by atoms with van der Waals surface area (Å²) in [5.74, 6) is -0.826. The Labute approximate surface area is 153 Å². The third-order valence-electron chi connectivity index (χ3n) is 4.03. The molecule has 4 nitrogen and oxygen atoms in total. The number of aliphatic hydroxyl groups is 1. The lowest BCUT2D eigenvalue weighted by atomic mass is 10.0. The summed E-state index contributed by atoms with van der Waals surface area (Å²) in [5, 5.41) is 13.3. The van der Waals surface area contributed by atoms with E-state index in [1.165, 1.54) is 6.07 Å². The van der Waals surface area contributed by atoms with E-state index < -0.39 is 17.8 Å². The maximum atomic E-state index is 13.6. The van der Waals surface area contributed by atoms with Crippen LogP contribution in [0.2, 0.25) is 0 Å². The van der Waals surface area contributed by atoms with Gasteiger partial charge in [-0.05, 0) is 43.5 Å². The van der Waals surface area contributed by atoms with Crippen LogP contribution < -0.4 is 11.1 Å². The number of hydrogen-bond donors (Lipinski definition) is 3. The number of nitrogens with two attached hydrogens (primary N) is 1. The van der Waals surface area contributed by atoms with Crippen molar-refractivity contribution in [2.45, 2.75) is 31.9 Å². The quantitative estimate of drug-likeness (QED) is 0.672. The van der Waals surface area contributed by atoms with Gasteiger partial charge in [0.25, 0.3) is 0 Å². The first-order valence-corrected chi connectivity index (χ1v) is 8.02. The molecule has 0 fully saturated rings. The number of carbonyl (C=O) groups excluding carboxylic acids is 1. The highest BCUT2D eigenvalue weighted by molar-refractivity contribution is 5.92. The van der Waals surface area contributed by atoms with Crippen LogP contribution in [0.5, 0.6) is 0 Å². The van der Waals surface area contributed by atoms with E-state index in [1.54, 1.807) is 30.3 Å². The molecule has 2 rings (SSSR count). The summed E-state index contributed by atoms with van der Waals surface area (Å²) in [6.07, 6.45) is 0.826. The third-order valence-corrected chi connectivity index (χ3v) is 4.03. The molecule has 0 aliphatic heterocycles. The van der Waals surface area contributed by atoms with E-state index in [-0.39, 0.29) is 18.4 Å². The molecule has 4 N–H and O–H groups in total. The Morgan fingerprint density at radius 2 is 1.84 bits per heavy atom. The van der Waals surface area contributed by atoms with Gasteiger partial charge in [-0.3, -0.25) is 4.79 Å². The molecule has 6 heteroatoms. The first-order chi connectivity index (χ1) is 11.5. The second kappa shape index (κ2) is 10.1. The molecule has 2 aromatic carbocycles. The molecule has 0 aliphatic rings. The smallest absolute Gasteiger partial charge is 0.248 e. The molecular weight excluding hydrogens is 343 g/mol. The van der Waals surface area contributed by atoms with Crippen molar-refractivity contribution in [3.63, 3.8) is 0 Å². The van der Waals surface area contributed by atoms with Crippen molar-refractivity contribution in [2.24, 2.45) is 5.73 Å². The number of hydrogen-bond acceptors (Lipinski definition) is 3. The van der Waals surface area contributed by atoms with Gasteiger partial charge in [0, 0.05) is 23.7 Å². The van der Waals surface area contributed by atoms with Gasteiger partial charge in [0.05, 0.1) is 6.10 Å². The number of aryl methyl sites for hydroxylation is 1. The number of halogens is 2. The summed E-state index contributed by atoms with van der Waals surface area (Å²) < 4.78 is 13.6. The first-order valence-electron chi connectivity index (χ1n) is 8.02. The summed E-state index contributed by atoms with van der Waals surface area (Å²) in [6.45, 7) is 2.31. The average Bonchev–Trinajstić information content (AvgIpc) is 2.58. The van der Waals surface area contributed by atoms with E-state index in [2.05, 4.69) is 5.32 Å². The molecule has 0 aromatic heterocycles. The average molecular weight is 367 g/mol. The van der Waals surface area contributed by atoms with E-state index >= 15 is 0 Å². The highest BCUT2D eigenvalue weighted by Crippen LogP contribution is 2.16. The Kier molecular flexibility index (Phi) is 8.55. The van der Waals surface area contributed by atoms with Crippen LogP contribution in [-0.2, 0) is 6.42 Å². The van der Waals surface area contributed by atoms with Crippen molar-refractivity contribution in [3.8, 4) is 0 Å².